The molecule has 0 bridgehead atoms. The smallest absolute Gasteiger partial charge is 0.322 e. The van der Waals surface area contributed by atoms with E-state index in [-0.39, 0.29) is 11.4 Å². The molecule has 0 aliphatic carbocycles. The highest BCUT2D eigenvalue weighted by atomic mass is 19.1. The Hall–Kier alpha value is -1.95. The van der Waals surface area contributed by atoms with E-state index < -0.39 is 0 Å². The maximum Gasteiger partial charge on any atom is 0.322 e. The van der Waals surface area contributed by atoms with E-state index in [0.29, 0.717) is 25.0 Å². The van der Waals surface area contributed by atoms with Crippen LogP contribution in [0.1, 0.15) is 33.6 Å². The molecule has 1 heterocycles. The maximum absolute atomic E-state index is 13.0. The third-order valence-corrected chi connectivity index (χ3v) is 2.91. The number of halogens is 1. The van der Waals surface area contributed by atoms with Gasteiger partial charge in [-0.3, -0.25) is 4.90 Å². The summed E-state index contributed by atoms with van der Waals surface area (Å²) >= 11 is 0. The van der Waals surface area contributed by atoms with Crippen LogP contribution < -0.4 is 10.2 Å². The van der Waals surface area contributed by atoms with Crippen molar-refractivity contribution in [1.29, 1.82) is 0 Å². The predicted octanol–water partition coefficient (Wildman–Crippen LogP) is 3.25. The quantitative estimate of drug-likeness (QED) is 0.916. The van der Waals surface area contributed by atoms with Gasteiger partial charge in [-0.1, -0.05) is 5.10 Å². The van der Waals surface area contributed by atoms with Crippen LogP contribution in [0.15, 0.2) is 28.7 Å². The van der Waals surface area contributed by atoms with Gasteiger partial charge in [-0.05, 0) is 52.0 Å². The zero-order valence-corrected chi connectivity index (χ0v) is 12.9. The van der Waals surface area contributed by atoms with E-state index >= 15 is 0 Å². The van der Waals surface area contributed by atoms with Crippen LogP contribution in [0, 0.1) is 5.82 Å². The van der Waals surface area contributed by atoms with Crippen LogP contribution in [0.3, 0.4) is 0 Å². The molecule has 5 nitrogen and oxygen atoms in total. The van der Waals surface area contributed by atoms with Gasteiger partial charge in [-0.2, -0.15) is 0 Å². The summed E-state index contributed by atoms with van der Waals surface area (Å²) in [5, 5.41) is 11.4. The lowest BCUT2D eigenvalue weighted by Crippen LogP contribution is -2.35. The molecule has 6 heteroatoms. The Balaban J connectivity index is 2.12. The second kappa shape index (κ2) is 6.22. The Labute approximate surface area is 124 Å². The van der Waals surface area contributed by atoms with Crippen molar-refractivity contribution in [2.24, 2.45) is 0 Å². The van der Waals surface area contributed by atoms with Gasteiger partial charge in [0.1, 0.15) is 5.82 Å². The molecule has 0 saturated heterocycles. The highest BCUT2D eigenvalue weighted by molar-refractivity contribution is 5.55. The third kappa shape index (κ3) is 4.26. The van der Waals surface area contributed by atoms with E-state index in [9.17, 15) is 4.39 Å². The molecule has 1 aromatic heterocycles. The zero-order valence-electron chi connectivity index (χ0n) is 12.9. The topological polar surface area (TPSA) is 54.2 Å². The predicted molar refractivity (Wildman–Crippen MR) is 80.0 cm³/mol. The first-order valence-corrected chi connectivity index (χ1v) is 6.99. The molecule has 0 fully saturated rings. The van der Waals surface area contributed by atoms with Crippen molar-refractivity contribution in [2.75, 3.05) is 11.4 Å². The van der Waals surface area contributed by atoms with Crippen LogP contribution in [-0.4, -0.2) is 22.3 Å². The van der Waals surface area contributed by atoms with Gasteiger partial charge in [0.15, 0.2) is 0 Å². The lowest BCUT2D eigenvalue weighted by Gasteiger charge is -2.19. The van der Waals surface area contributed by atoms with E-state index in [1.807, 2.05) is 11.8 Å². The first kappa shape index (κ1) is 15.4. The van der Waals surface area contributed by atoms with Gasteiger partial charge < -0.3 is 9.73 Å². The maximum atomic E-state index is 13.0. The largest absolute Gasteiger partial charge is 0.406 e. The van der Waals surface area contributed by atoms with Crippen LogP contribution in [0.25, 0.3) is 0 Å². The van der Waals surface area contributed by atoms with E-state index in [4.69, 9.17) is 4.42 Å². The molecule has 2 aromatic rings. The zero-order chi connectivity index (χ0) is 15.5. The Kier molecular flexibility index (Phi) is 4.57. The number of rotatable bonds is 5. The molecule has 114 valence electrons. The summed E-state index contributed by atoms with van der Waals surface area (Å²) in [4.78, 5) is 1.84. The van der Waals surface area contributed by atoms with Crippen molar-refractivity contribution in [1.82, 2.24) is 15.5 Å². The molecular weight excluding hydrogens is 271 g/mol. The Morgan fingerprint density at radius 3 is 2.43 bits per heavy atom. The number of hydrogen-bond acceptors (Lipinski definition) is 5. The summed E-state index contributed by atoms with van der Waals surface area (Å²) < 4.78 is 18.7. The average Bonchev–Trinajstić information content (AvgIpc) is 2.87. The number of aromatic nitrogens is 2. The summed E-state index contributed by atoms with van der Waals surface area (Å²) in [6.07, 6.45) is 0. The highest BCUT2D eigenvalue weighted by Gasteiger charge is 2.16. The van der Waals surface area contributed by atoms with Crippen LogP contribution in [0.5, 0.6) is 0 Å². The van der Waals surface area contributed by atoms with Crippen LogP contribution in [0.2, 0.25) is 0 Å². The van der Waals surface area contributed by atoms with Gasteiger partial charge in [0, 0.05) is 17.8 Å². The van der Waals surface area contributed by atoms with E-state index in [1.54, 1.807) is 12.1 Å². The average molecular weight is 292 g/mol. The van der Waals surface area contributed by atoms with Crippen LogP contribution in [-0.2, 0) is 6.54 Å². The fourth-order valence-electron chi connectivity index (χ4n) is 1.82. The van der Waals surface area contributed by atoms with Crippen molar-refractivity contribution in [3.05, 3.63) is 36.0 Å². The minimum absolute atomic E-state index is 0.0178. The normalized spacial score (nSPS) is 11.7. The molecule has 0 unspecified atom stereocenters. The van der Waals surface area contributed by atoms with Gasteiger partial charge in [0.25, 0.3) is 0 Å². The highest BCUT2D eigenvalue weighted by Crippen LogP contribution is 2.24. The molecule has 0 aliphatic heterocycles. The van der Waals surface area contributed by atoms with Crippen molar-refractivity contribution in [3.8, 4) is 0 Å². The molecule has 0 aliphatic rings. The molecule has 0 saturated carbocycles. The van der Waals surface area contributed by atoms with Gasteiger partial charge in [0.2, 0.25) is 5.89 Å². The van der Waals surface area contributed by atoms with Gasteiger partial charge in [-0.15, -0.1) is 5.10 Å². The first-order valence-electron chi connectivity index (χ1n) is 6.99. The molecule has 0 spiro atoms. The number of benzene rings is 1. The van der Waals surface area contributed by atoms with Gasteiger partial charge >= 0.3 is 6.01 Å². The molecular formula is C15H21FN4O. The minimum Gasteiger partial charge on any atom is -0.406 e. The molecule has 1 aromatic carbocycles. The van der Waals surface area contributed by atoms with E-state index in [2.05, 4.69) is 36.3 Å². The first-order chi connectivity index (χ1) is 9.89. The summed E-state index contributed by atoms with van der Waals surface area (Å²) in [5.74, 6) is 0.260. The van der Waals surface area contributed by atoms with Crippen molar-refractivity contribution in [3.63, 3.8) is 0 Å². The molecule has 1 N–H and O–H groups in total. The fraction of sp³-hybridized carbons (Fsp3) is 0.467. The van der Waals surface area contributed by atoms with Crippen LogP contribution in [0.4, 0.5) is 16.1 Å². The summed E-state index contributed by atoms with van der Waals surface area (Å²) in [5.41, 5.74) is 0.800. The molecule has 2 rings (SSSR count). The number of anilines is 2. The second-order valence-electron chi connectivity index (χ2n) is 5.80. The Morgan fingerprint density at radius 1 is 1.19 bits per heavy atom. The van der Waals surface area contributed by atoms with Gasteiger partial charge in [-0.25, -0.2) is 4.39 Å². The molecule has 0 radical (unpaired) electrons. The van der Waals surface area contributed by atoms with Crippen molar-refractivity contribution < 1.29 is 8.81 Å². The molecule has 0 amide bonds. The number of nitrogens with one attached hydrogen (secondary N) is 1. The monoisotopic (exact) mass is 292 g/mol. The van der Waals surface area contributed by atoms with Crippen molar-refractivity contribution in [2.45, 2.75) is 39.8 Å². The third-order valence-electron chi connectivity index (χ3n) is 2.91. The van der Waals surface area contributed by atoms with Gasteiger partial charge in [0.05, 0.1) is 6.54 Å². The fourth-order valence-corrected chi connectivity index (χ4v) is 1.82. The van der Waals surface area contributed by atoms with Crippen LogP contribution >= 0.6 is 0 Å². The SMILES string of the molecule is CCN(c1ccc(F)cc1)c1nnc(CNC(C)(C)C)o1. The summed E-state index contributed by atoms with van der Waals surface area (Å²) in [7, 11) is 0. The molecule has 21 heavy (non-hydrogen) atoms. The number of hydrogen-bond donors (Lipinski definition) is 1. The summed E-state index contributed by atoms with van der Waals surface area (Å²) in [6, 6.07) is 6.62. The van der Waals surface area contributed by atoms with E-state index in [0.717, 1.165) is 5.69 Å². The Bertz CT molecular complexity index is 574. The summed E-state index contributed by atoms with van der Waals surface area (Å²) in [6.45, 7) is 9.35. The lowest BCUT2D eigenvalue weighted by molar-refractivity contribution is 0.382. The second-order valence-corrected chi connectivity index (χ2v) is 5.80. The van der Waals surface area contributed by atoms with Crippen molar-refractivity contribution >= 4 is 11.7 Å². The molecule has 0 atom stereocenters. The van der Waals surface area contributed by atoms with E-state index in [1.165, 1.54) is 12.1 Å². The standard InChI is InChI=1S/C15H21FN4O/c1-5-20(12-8-6-11(16)7-9-12)14-19-18-13(21-14)10-17-15(2,3)4/h6-9,17H,5,10H2,1-4H3. The minimum atomic E-state index is -0.268. The number of nitrogens with zero attached hydrogens (tertiary/aromatic N) is 3. The Morgan fingerprint density at radius 2 is 1.86 bits per heavy atom. The lowest BCUT2D eigenvalue weighted by atomic mass is 10.1.